The molecule has 3 N–H and O–H groups in total. The summed E-state index contributed by atoms with van der Waals surface area (Å²) in [5.41, 5.74) is 5.60. The molecule has 1 aliphatic carbocycles. The van der Waals surface area contributed by atoms with Crippen molar-refractivity contribution in [3.05, 3.63) is 17.9 Å². The summed E-state index contributed by atoms with van der Waals surface area (Å²) in [5.74, 6) is -0.363. The molecule has 1 saturated carbocycles. The van der Waals surface area contributed by atoms with Crippen LogP contribution < -0.4 is 10.5 Å². The smallest absolute Gasteiger partial charge is 0.341 e. The number of rotatable bonds is 6. The molecular formula is C11H16N2O5S. The predicted octanol–water partition coefficient (Wildman–Crippen LogP) is 0.0818. The Bertz CT molecular complexity index is 561. The van der Waals surface area contributed by atoms with Crippen LogP contribution in [0.3, 0.4) is 0 Å². The summed E-state index contributed by atoms with van der Waals surface area (Å²) in [6.07, 6.45) is 2.99. The van der Waals surface area contributed by atoms with Crippen LogP contribution in [0.5, 0.6) is 0 Å². The summed E-state index contributed by atoms with van der Waals surface area (Å²) in [4.78, 5) is 11.2. The van der Waals surface area contributed by atoms with E-state index in [0.717, 1.165) is 25.2 Å². The summed E-state index contributed by atoms with van der Waals surface area (Å²) in [7, 11) is -2.59. The highest BCUT2D eigenvalue weighted by atomic mass is 32.2. The van der Waals surface area contributed by atoms with Gasteiger partial charge in [-0.1, -0.05) is 0 Å². The third-order valence-corrected chi connectivity index (χ3v) is 4.37. The summed E-state index contributed by atoms with van der Waals surface area (Å²) in [5, 5.41) is -0.313. The number of esters is 1. The van der Waals surface area contributed by atoms with Gasteiger partial charge in [-0.15, -0.1) is 0 Å². The van der Waals surface area contributed by atoms with E-state index >= 15 is 0 Å². The van der Waals surface area contributed by atoms with Crippen molar-refractivity contribution < 1.29 is 22.4 Å². The molecule has 0 spiro atoms. The maximum absolute atomic E-state index is 12.0. The summed E-state index contributed by atoms with van der Waals surface area (Å²) < 4.78 is 36.0. The standard InChI is InChI=1S/C11H16N2O5S/c1-17-11(14)8-4-10(18-6-8)19(15,16)13-9(5-12)7-2-3-7/h4,6-7,9,13H,2-3,5,12H2,1H3. The van der Waals surface area contributed by atoms with Crippen LogP contribution >= 0.6 is 0 Å². The van der Waals surface area contributed by atoms with Crippen molar-refractivity contribution in [2.75, 3.05) is 13.7 Å². The number of hydrogen-bond donors (Lipinski definition) is 2. The van der Waals surface area contributed by atoms with E-state index < -0.39 is 16.0 Å². The number of methoxy groups -OCH3 is 1. The van der Waals surface area contributed by atoms with Gasteiger partial charge < -0.3 is 14.9 Å². The van der Waals surface area contributed by atoms with Crippen LogP contribution in [0, 0.1) is 5.92 Å². The number of furan rings is 1. The van der Waals surface area contributed by atoms with Gasteiger partial charge in [0, 0.05) is 18.7 Å². The summed E-state index contributed by atoms with van der Waals surface area (Å²) in [6.45, 7) is 0.231. The molecular weight excluding hydrogens is 272 g/mol. The normalized spacial score (nSPS) is 17.2. The Labute approximate surface area is 111 Å². The van der Waals surface area contributed by atoms with E-state index in [9.17, 15) is 13.2 Å². The largest absolute Gasteiger partial charge is 0.465 e. The van der Waals surface area contributed by atoms with E-state index in [2.05, 4.69) is 9.46 Å². The zero-order valence-electron chi connectivity index (χ0n) is 10.5. The van der Waals surface area contributed by atoms with E-state index in [1.54, 1.807) is 0 Å². The van der Waals surface area contributed by atoms with Crippen molar-refractivity contribution >= 4 is 16.0 Å². The summed E-state index contributed by atoms with van der Waals surface area (Å²) >= 11 is 0. The molecule has 0 aromatic carbocycles. The molecule has 1 aromatic rings. The Morgan fingerprint density at radius 2 is 2.32 bits per heavy atom. The van der Waals surface area contributed by atoms with Crippen molar-refractivity contribution in [2.24, 2.45) is 11.7 Å². The van der Waals surface area contributed by atoms with Crippen LogP contribution in [-0.4, -0.2) is 34.1 Å². The van der Waals surface area contributed by atoms with E-state index in [-0.39, 0.29) is 29.2 Å². The topological polar surface area (TPSA) is 112 Å². The molecule has 0 aliphatic heterocycles. The van der Waals surface area contributed by atoms with E-state index in [1.807, 2.05) is 0 Å². The van der Waals surface area contributed by atoms with Gasteiger partial charge in [0.1, 0.15) is 6.26 Å². The van der Waals surface area contributed by atoms with Crippen LogP contribution in [0.1, 0.15) is 23.2 Å². The van der Waals surface area contributed by atoms with Crippen molar-refractivity contribution in [3.8, 4) is 0 Å². The number of ether oxygens (including phenoxy) is 1. The van der Waals surface area contributed by atoms with Crippen molar-refractivity contribution in [1.29, 1.82) is 0 Å². The highest BCUT2D eigenvalue weighted by Gasteiger charge is 2.34. The second-order valence-electron chi connectivity index (χ2n) is 4.45. The van der Waals surface area contributed by atoms with Gasteiger partial charge in [-0.2, -0.15) is 0 Å². The lowest BCUT2D eigenvalue weighted by Crippen LogP contribution is -2.41. The van der Waals surface area contributed by atoms with Gasteiger partial charge in [-0.05, 0) is 18.8 Å². The summed E-state index contributed by atoms with van der Waals surface area (Å²) in [6, 6.07) is 0.839. The predicted molar refractivity (Wildman–Crippen MR) is 65.9 cm³/mol. The van der Waals surface area contributed by atoms with Gasteiger partial charge in [0.15, 0.2) is 0 Å². The number of hydrogen-bond acceptors (Lipinski definition) is 6. The average molecular weight is 288 g/mol. The molecule has 1 aliphatic rings. The van der Waals surface area contributed by atoms with Crippen LogP contribution in [0.2, 0.25) is 0 Å². The van der Waals surface area contributed by atoms with Gasteiger partial charge in [0.2, 0.25) is 5.09 Å². The van der Waals surface area contributed by atoms with E-state index in [4.69, 9.17) is 10.2 Å². The Balaban J connectivity index is 2.14. The molecule has 0 amide bonds. The second-order valence-corrected chi connectivity index (χ2v) is 6.09. The number of nitrogens with one attached hydrogen (secondary N) is 1. The Morgan fingerprint density at radius 3 is 2.84 bits per heavy atom. The first kappa shape index (κ1) is 14.0. The third kappa shape index (κ3) is 3.14. The van der Waals surface area contributed by atoms with Crippen molar-refractivity contribution in [3.63, 3.8) is 0 Å². The third-order valence-electron chi connectivity index (χ3n) is 3.01. The monoisotopic (exact) mass is 288 g/mol. The Hall–Kier alpha value is -1.38. The molecule has 1 fully saturated rings. The fourth-order valence-corrected chi connectivity index (χ4v) is 3.04. The number of nitrogens with two attached hydrogens (primary N) is 1. The quantitative estimate of drug-likeness (QED) is 0.717. The van der Waals surface area contributed by atoms with Gasteiger partial charge in [-0.3, -0.25) is 0 Å². The van der Waals surface area contributed by atoms with Crippen molar-refractivity contribution in [2.45, 2.75) is 24.0 Å². The number of sulfonamides is 1. The van der Waals surface area contributed by atoms with E-state index in [1.165, 1.54) is 7.11 Å². The Kier molecular flexibility index (Phi) is 3.93. The maximum atomic E-state index is 12.0. The first-order valence-corrected chi connectivity index (χ1v) is 7.35. The highest BCUT2D eigenvalue weighted by Crippen LogP contribution is 2.33. The lowest BCUT2D eigenvalue weighted by Gasteiger charge is -2.14. The molecule has 19 heavy (non-hydrogen) atoms. The lowest BCUT2D eigenvalue weighted by molar-refractivity contribution is 0.0600. The molecule has 0 radical (unpaired) electrons. The molecule has 1 unspecified atom stereocenters. The van der Waals surface area contributed by atoms with Gasteiger partial charge in [-0.25, -0.2) is 17.9 Å². The molecule has 1 heterocycles. The van der Waals surface area contributed by atoms with Crippen molar-refractivity contribution in [1.82, 2.24) is 4.72 Å². The fourth-order valence-electron chi connectivity index (χ4n) is 1.78. The van der Waals surface area contributed by atoms with Gasteiger partial charge in [0.25, 0.3) is 10.0 Å². The van der Waals surface area contributed by atoms with Gasteiger partial charge >= 0.3 is 5.97 Å². The minimum atomic E-state index is -3.80. The maximum Gasteiger partial charge on any atom is 0.341 e. The van der Waals surface area contributed by atoms with Gasteiger partial charge in [0.05, 0.1) is 12.7 Å². The molecule has 1 aromatic heterocycles. The molecule has 2 rings (SSSR count). The minimum Gasteiger partial charge on any atom is -0.465 e. The second kappa shape index (κ2) is 5.32. The zero-order chi connectivity index (χ0) is 14.0. The van der Waals surface area contributed by atoms with Crippen LogP contribution in [0.4, 0.5) is 0 Å². The number of carbonyl (C=O) groups is 1. The molecule has 7 nitrogen and oxygen atoms in total. The van der Waals surface area contributed by atoms with Crippen LogP contribution in [0.25, 0.3) is 0 Å². The first-order chi connectivity index (χ1) is 8.97. The highest BCUT2D eigenvalue weighted by molar-refractivity contribution is 7.89. The van der Waals surface area contributed by atoms with Crippen LogP contribution in [-0.2, 0) is 14.8 Å². The molecule has 8 heteroatoms. The minimum absolute atomic E-state index is 0.0543. The molecule has 106 valence electrons. The van der Waals surface area contributed by atoms with E-state index in [0.29, 0.717) is 0 Å². The Morgan fingerprint density at radius 1 is 1.63 bits per heavy atom. The zero-order valence-corrected chi connectivity index (χ0v) is 11.3. The SMILES string of the molecule is COC(=O)c1coc(S(=O)(=O)NC(CN)C2CC2)c1. The van der Waals surface area contributed by atoms with Crippen LogP contribution in [0.15, 0.2) is 21.8 Å². The first-order valence-electron chi connectivity index (χ1n) is 5.87. The molecule has 0 saturated heterocycles. The average Bonchev–Trinajstić information content (AvgIpc) is 3.10. The molecule has 0 bridgehead atoms. The number of carbonyl (C=O) groups excluding carboxylic acids is 1. The fraction of sp³-hybridized carbons (Fsp3) is 0.545. The lowest BCUT2D eigenvalue weighted by atomic mass is 10.2. The molecule has 1 atom stereocenters.